The summed E-state index contributed by atoms with van der Waals surface area (Å²) >= 11 is 0. The van der Waals surface area contributed by atoms with Gasteiger partial charge in [0.2, 0.25) is 11.8 Å². The molecule has 4 rings (SSSR count). The third-order valence-corrected chi connectivity index (χ3v) is 5.31. The molecule has 1 aliphatic heterocycles. The minimum absolute atomic E-state index is 0.0208. The molecule has 2 amide bonds. The second kappa shape index (κ2) is 8.13. The summed E-state index contributed by atoms with van der Waals surface area (Å²) in [6.45, 7) is -1.04. The predicted octanol–water partition coefficient (Wildman–Crippen LogP) is 4.28. The number of para-hydroxylation sites is 1. The fourth-order valence-electron chi connectivity index (χ4n) is 3.84. The van der Waals surface area contributed by atoms with Crippen LogP contribution < -0.4 is 5.32 Å². The van der Waals surface area contributed by atoms with Gasteiger partial charge in [0, 0.05) is 24.2 Å². The highest BCUT2D eigenvalue weighted by Gasteiger charge is 2.38. The number of aromatic amines is 1. The fraction of sp³-hybridized carbons (Fsp3) is 0.273. The molecule has 1 fully saturated rings. The van der Waals surface area contributed by atoms with E-state index < -0.39 is 54.4 Å². The standard InChI is InChI=1S/C22H17F6N3O2/c23-21(24,25)14-5-12(6-15(8-14)22(26,27)28)10-31-11-19(32)30-18(20(31)33)9-16-7-13-3-1-2-4-17(13)29-16/h1-8,18,29H,9-11H2,(H,30,32). The lowest BCUT2D eigenvalue weighted by molar-refractivity contribution is -0.145. The van der Waals surface area contributed by atoms with Gasteiger partial charge < -0.3 is 15.2 Å². The van der Waals surface area contributed by atoms with Crippen LogP contribution in [0.15, 0.2) is 48.5 Å². The van der Waals surface area contributed by atoms with Crippen LogP contribution in [0, 0.1) is 0 Å². The van der Waals surface area contributed by atoms with Crippen molar-refractivity contribution in [2.24, 2.45) is 0 Å². The zero-order valence-corrected chi connectivity index (χ0v) is 16.8. The predicted molar refractivity (Wildman–Crippen MR) is 106 cm³/mol. The molecule has 174 valence electrons. The number of H-pyrrole nitrogens is 1. The van der Waals surface area contributed by atoms with Gasteiger partial charge in [-0.1, -0.05) is 18.2 Å². The summed E-state index contributed by atoms with van der Waals surface area (Å²) in [7, 11) is 0. The maximum atomic E-state index is 13.1. The van der Waals surface area contributed by atoms with E-state index in [4.69, 9.17) is 0 Å². The van der Waals surface area contributed by atoms with Crippen molar-refractivity contribution in [1.82, 2.24) is 15.2 Å². The van der Waals surface area contributed by atoms with Gasteiger partial charge in [0.25, 0.3) is 0 Å². The van der Waals surface area contributed by atoms with Crippen LogP contribution >= 0.6 is 0 Å². The molecule has 2 aromatic carbocycles. The third kappa shape index (κ3) is 4.96. The van der Waals surface area contributed by atoms with Crippen molar-refractivity contribution in [1.29, 1.82) is 0 Å². The summed E-state index contributed by atoms with van der Waals surface area (Å²) in [5.74, 6) is -1.15. The summed E-state index contributed by atoms with van der Waals surface area (Å²) in [4.78, 5) is 29.1. The molecule has 3 aromatic rings. The number of rotatable bonds is 4. The lowest BCUT2D eigenvalue weighted by atomic mass is 10.0. The first kappa shape index (κ1) is 22.7. The second-order valence-electron chi connectivity index (χ2n) is 7.81. The van der Waals surface area contributed by atoms with Crippen molar-refractivity contribution in [3.05, 3.63) is 70.9 Å². The number of carbonyl (C=O) groups excluding carboxylic acids is 2. The first-order valence-electron chi connectivity index (χ1n) is 9.83. The van der Waals surface area contributed by atoms with E-state index in [1.807, 2.05) is 24.3 Å². The summed E-state index contributed by atoms with van der Waals surface area (Å²) in [6, 6.07) is 9.27. The van der Waals surface area contributed by atoms with Gasteiger partial charge in [0.05, 0.1) is 17.7 Å². The summed E-state index contributed by atoms with van der Waals surface area (Å²) < 4.78 is 78.8. The number of piperazine rings is 1. The van der Waals surface area contributed by atoms with E-state index in [0.717, 1.165) is 15.8 Å². The highest BCUT2D eigenvalue weighted by molar-refractivity contribution is 5.95. The van der Waals surface area contributed by atoms with Gasteiger partial charge in [-0.15, -0.1) is 0 Å². The van der Waals surface area contributed by atoms with Crippen molar-refractivity contribution in [3.63, 3.8) is 0 Å². The average Bonchev–Trinajstić information content (AvgIpc) is 3.12. The molecular weight excluding hydrogens is 452 g/mol. The Morgan fingerprint density at radius 3 is 2.15 bits per heavy atom. The molecule has 1 atom stereocenters. The molecule has 2 N–H and O–H groups in total. The number of carbonyl (C=O) groups is 2. The summed E-state index contributed by atoms with van der Waals surface area (Å²) in [5, 5.41) is 3.43. The fourth-order valence-corrected chi connectivity index (χ4v) is 3.84. The number of benzene rings is 2. The van der Waals surface area contributed by atoms with Crippen LogP contribution in [-0.4, -0.2) is 34.3 Å². The van der Waals surface area contributed by atoms with Gasteiger partial charge in [0.1, 0.15) is 6.04 Å². The Labute approximate surface area is 183 Å². The van der Waals surface area contributed by atoms with Crippen molar-refractivity contribution in [3.8, 4) is 0 Å². The smallest absolute Gasteiger partial charge is 0.358 e. The second-order valence-corrected chi connectivity index (χ2v) is 7.81. The molecule has 0 bridgehead atoms. The molecule has 1 unspecified atom stereocenters. The molecule has 0 aliphatic carbocycles. The molecule has 11 heteroatoms. The molecule has 0 saturated carbocycles. The average molecular weight is 469 g/mol. The van der Waals surface area contributed by atoms with Gasteiger partial charge in [-0.2, -0.15) is 26.3 Å². The SMILES string of the molecule is O=C1CN(Cc2cc(C(F)(F)F)cc(C(F)(F)F)c2)C(=O)C(Cc2cc3ccccc3[nH]2)N1. The number of nitrogens with zero attached hydrogens (tertiary/aromatic N) is 1. The van der Waals surface area contributed by atoms with Crippen LogP contribution in [0.1, 0.15) is 22.4 Å². The van der Waals surface area contributed by atoms with Gasteiger partial charge in [-0.25, -0.2) is 0 Å². The Kier molecular flexibility index (Phi) is 5.59. The quantitative estimate of drug-likeness (QED) is 0.561. The van der Waals surface area contributed by atoms with E-state index in [0.29, 0.717) is 17.8 Å². The molecule has 1 aliphatic rings. The van der Waals surface area contributed by atoms with E-state index in [1.54, 1.807) is 6.07 Å². The van der Waals surface area contributed by atoms with Crippen LogP contribution in [0.4, 0.5) is 26.3 Å². The third-order valence-electron chi connectivity index (χ3n) is 5.31. The Morgan fingerprint density at radius 2 is 1.55 bits per heavy atom. The molecule has 0 radical (unpaired) electrons. The van der Waals surface area contributed by atoms with Gasteiger partial charge in [-0.05, 0) is 41.3 Å². The molecule has 33 heavy (non-hydrogen) atoms. The minimum atomic E-state index is -5.00. The maximum absolute atomic E-state index is 13.1. The Bertz CT molecular complexity index is 1150. The summed E-state index contributed by atoms with van der Waals surface area (Å²) in [6.07, 6.45) is -9.92. The number of fused-ring (bicyclic) bond motifs is 1. The van der Waals surface area contributed by atoms with Gasteiger partial charge in [-0.3, -0.25) is 9.59 Å². The maximum Gasteiger partial charge on any atom is 0.416 e. The van der Waals surface area contributed by atoms with Crippen LogP contribution in [0.5, 0.6) is 0 Å². The number of hydrogen-bond acceptors (Lipinski definition) is 2. The lowest BCUT2D eigenvalue weighted by Crippen LogP contribution is -2.58. The topological polar surface area (TPSA) is 65.2 Å². The minimum Gasteiger partial charge on any atom is -0.358 e. The Balaban J connectivity index is 1.58. The molecule has 2 heterocycles. The van der Waals surface area contributed by atoms with Crippen LogP contribution in [0.25, 0.3) is 10.9 Å². The highest BCUT2D eigenvalue weighted by atomic mass is 19.4. The monoisotopic (exact) mass is 469 g/mol. The van der Waals surface area contributed by atoms with E-state index >= 15 is 0 Å². The first-order valence-corrected chi connectivity index (χ1v) is 9.83. The van der Waals surface area contributed by atoms with Gasteiger partial charge >= 0.3 is 12.4 Å². The molecule has 1 saturated heterocycles. The Hall–Kier alpha value is -3.50. The molecule has 1 aromatic heterocycles. The van der Waals surface area contributed by atoms with Crippen LogP contribution in [0.3, 0.4) is 0 Å². The zero-order chi connectivity index (χ0) is 24.0. The van der Waals surface area contributed by atoms with Crippen molar-refractivity contribution < 1.29 is 35.9 Å². The number of amides is 2. The van der Waals surface area contributed by atoms with E-state index in [9.17, 15) is 35.9 Å². The van der Waals surface area contributed by atoms with E-state index in [1.165, 1.54) is 0 Å². The molecule has 5 nitrogen and oxygen atoms in total. The molecule has 0 spiro atoms. The largest absolute Gasteiger partial charge is 0.416 e. The number of alkyl halides is 6. The zero-order valence-electron chi connectivity index (χ0n) is 16.8. The Morgan fingerprint density at radius 1 is 0.909 bits per heavy atom. The number of hydrogen-bond donors (Lipinski definition) is 2. The number of halogens is 6. The normalized spacial score (nSPS) is 17.5. The lowest BCUT2D eigenvalue weighted by Gasteiger charge is -2.32. The highest BCUT2D eigenvalue weighted by Crippen LogP contribution is 2.36. The van der Waals surface area contributed by atoms with Crippen molar-refractivity contribution >= 4 is 22.7 Å². The van der Waals surface area contributed by atoms with Crippen LogP contribution in [-0.2, 0) is 34.9 Å². The van der Waals surface area contributed by atoms with E-state index in [2.05, 4.69) is 10.3 Å². The first-order chi connectivity index (χ1) is 15.4. The van der Waals surface area contributed by atoms with Crippen LogP contribution in [0.2, 0.25) is 0 Å². The number of nitrogens with one attached hydrogen (secondary N) is 2. The van der Waals surface area contributed by atoms with Gasteiger partial charge in [0.15, 0.2) is 0 Å². The van der Waals surface area contributed by atoms with Crippen molar-refractivity contribution in [2.45, 2.75) is 31.4 Å². The summed E-state index contributed by atoms with van der Waals surface area (Å²) in [5.41, 5.74) is -1.85. The van der Waals surface area contributed by atoms with E-state index in [-0.39, 0.29) is 18.1 Å². The number of aromatic nitrogens is 1. The molecular formula is C22H17F6N3O2. The van der Waals surface area contributed by atoms with Crippen molar-refractivity contribution in [2.75, 3.05) is 6.54 Å².